The van der Waals surface area contributed by atoms with Gasteiger partial charge in [0.05, 0.1) is 0 Å². The van der Waals surface area contributed by atoms with E-state index in [0.717, 1.165) is 22.3 Å². The number of hydrogen-bond acceptors (Lipinski definition) is 4. The van der Waals surface area contributed by atoms with E-state index in [2.05, 4.69) is 20.6 Å². The second kappa shape index (κ2) is 10.2. The van der Waals surface area contributed by atoms with Gasteiger partial charge in [0.1, 0.15) is 12.4 Å². The molecule has 4 rings (SSSR count). The van der Waals surface area contributed by atoms with E-state index in [0.29, 0.717) is 24.6 Å². The summed E-state index contributed by atoms with van der Waals surface area (Å²) in [5.74, 6) is 0.153. The van der Waals surface area contributed by atoms with Crippen LogP contribution < -0.4 is 15.4 Å². The van der Waals surface area contributed by atoms with Crippen LogP contribution in [-0.2, 0) is 13.2 Å². The van der Waals surface area contributed by atoms with Crippen molar-refractivity contribution in [1.82, 2.24) is 15.3 Å². The lowest BCUT2D eigenvalue weighted by atomic mass is 10.0. The molecule has 2 aromatic heterocycles. The van der Waals surface area contributed by atoms with E-state index in [1.54, 1.807) is 42.7 Å². The van der Waals surface area contributed by atoms with E-state index >= 15 is 0 Å². The Balaban J connectivity index is 1.33. The number of pyridine rings is 2. The number of halogens is 1. The van der Waals surface area contributed by atoms with Crippen molar-refractivity contribution in [2.24, 2.45) is 0 Å². The lowest BCUT2D eigenvalue weighted by Gasteiger charge is -2.12. The lowest BCUT2D eigenvalue weighted by Crippen LogP contribution is -2.28. The van der Waals surface area contributed by atoms with Gasteiger partial charge >= 0.3 is 6.03 Å². The van der Waals surface area contributed by atoms with Crippen LogP contribution in [0.1, 0.15) is 11.1 Å². The number of carbonyl (C=O) groups excluding carboxylic acids is 1. The van der Waals surface area contributed by atoms with Crippen LogP contribution in [0.5, 0.6) is 5.75 Å². The topological polar surface area (TPSA) is 76.1 Å². The predicted octanol–water partition coefficient (Wildman–Crippen LogP) is 5.18. The highest BCUT2D eigenvalue weighted by Crippen LogP contribution is 2.25. The van der Waals surface area contributed by atoms with Crippen molar-refractivity contribution in [2.75, 3.05) is 5.32 Å². The van der Waals surface area contributed by atoms with Gasteiger partial charge in [-0.25, -0.2) is 9.78 Å². The van der Waals surface area contributed by atoms with E-state index in [4.69, 9.17) is 4.74 Å². The molecule has 2 heterocycles. The van der Waals surface area contributed by atoms with Crippen molar-refractivity contribution in [1.29, 1.82) is 0 Å². The van der Waals surface area contributed by atoms with Crippen LogP contribution in [0, 0.1) is 5.95 Å². The van der Waals surface area contributed by atoms with Gasteiger partial charge in [0.25, 0.3) is 0 Å². The average Bonchev–Trinajstić information content (AvgIpc) is 2.84. The van der Waals surface area contributed by atoms with Gasteiger partial charge in [-0.2, -0.15) is 4.39 Å². The summed E-state index contributed by atoms with van der Waals surface area (Å²) in [7, 11) is 0. The Kier molecular flexibility index (Phi) is 6.67. The average molecular weight is 428 g/mol. The molecular weight excluding hydrogens is 407 g/mol. The Bertz CT molecular complexity index is 1170. The van der Waals surface area contributed by atoms with Crippen LogP contribution in [0.3, 0.4) is 0 Å². The highest BCUT2D eigenvalue weighted by atomic mass is 19.1. The molecule has 0 fully saturated rings. The van der Waals surface area contributed by atoms with Crippen LogP contribution >= 0.6 is 0 Å². The fraction of sp³-hybridized carbons (Fsp3) is 0.0800. The Morgan fingerprint density at radius 2 is 1.78 bits per heavy atom. The Morgan fingerprint density at radius 3 is 2.53 bits per heavy atom. The van der Waals surface area contributed by atoms with Gasteiger partial charge in [-0.15, -0.1) is 0 Å². The molecule has 6 nitrogen and oxygen atoms in total. The zero-order valence-electron chi connectivity index (χ0n) is 17.2. The van der Waals surface area contributed by atoms with Crippen LogP contribution in [0.4, 0.5) is 14.9 Å². The molecule has 0 saturated carbocycles. The summed E-state index contributed by atoms with van der Waals surface area (Å²) in [6.07, 6.45) is 4.90. The summed E-state index contributed by atoms with van der Waals surface area (Å²) < 4.78 is 19.0. The van der Waals surface area contributed by atoms with Gasteiger partial charge in [-0.1, -0.05) is 30.3 Å². The summed E-state index contributed by atoms with van der Waals surface area (Å²) in [6.45, 7) is 0.732. The maximum atomic E-state index is 13.1. The molecule has 7 heteroatoms. The minimum Gasteiger partial charge on any atom is -0.489 e. The fourth-order valence-corrected chi connectivity index (χ4v) is 3.12. The molecule has 0 spiro atoms. The normalized spacial score (nSPS) is 10.4. The molecular formula is C25H21FN4O2. The first-order chi connectivity index (χ1) is 15.7. The van der Waals surface area contributed by atoms with Crippen molar-refractivity contribution in [3.8, 4) is 16.9 Å². The van der Waals surface area contributed by atoms with E-state index in [1.165, 1.54) is 12.3 Å². The zero-order chi connectivity index (χ0) is 22.2. The third-order valence-electron chi connectivity index (χ3n) is 4.74. The van der Waals surface area contributed by atoms with Gasteiger partial charge in [0, 0.05) is 36.4 Å². The SMILES string of the molecule is O=C(NCc1cccnc1)Nc1ccc(OCc2ccccc2-c2ccc(F)nc2)cc1. The summed E-state index contributed by atoms with van der Waals surface area (Å²) in [6, 6.07) is 21.3. The maximum Gasteiger partial charge on any atom is 0.319 e. The first-order valence-corrected chi connectivity index (χ1v) is 10.0. The van der Waals surface area contributed by atoms with Crippen LogP contribution in [0.15, 0.2) is 91.4 Å². The van der Waals surface area contributed by atoms with Crippen molar-refractivity contribution in [3.05, 3.63) is 108 Å². The molecule has 0 bridgehead atoms. The van der Waals surface area contributed by atoms with E-state index in [1.807, 2.05) is 36.4 Å². The number of hydrogen-bond donors (Lipinski definition) is 2. The molecule has 0 aliphatic heterocycles. The number of rotatable bonds is 7. The molecule has 0 saturated heterocycles. The maximum absolute atomic E-state index is 13.1. The molecule has 0 aliphatic rings. The Hall–Kier alpha value is -4.26. The minimum atomic E-state index is -0.512. The largest absolute Gasteiger partial charge is 0.489 e. The molecule has 2 amide bonds. The number of anilines is 1. The third-order valence-corrected chi connectivity index (χ3v) is 4.74. The van der Waals surface area contributed by atoms with Gasteiger partial charge in [0.2, 0.25) is 5.95 Å². The van der Waals surface area contributed by atoms with E-state index < -0.39 is 5.95 Å². The fourth-order valence-electron chi connectivity index (χ4n) is 3.12. The lowest BCUT2D eigenvalue weighted by molar-refractivity contribution is 0.251. The predicted molar refractivity (Wildman–Crippen MR) is 121 cm³/mol. The van der Waals surface area contributed by atoms with Gasteiger partial charge in [-0.3, -0.25) is 4.98 Å². The quantitative estimate of drug-likeness (QED) is 0.398. The first kappa shape index (κ1) is 21.0. The molecule has 0 radical (unpaired) electrons. The highest BCUT2D eigenvalue weighted by Gasteiger charge is 2.07. The second-order valence-corrected chi connectivity index (χ2v) is 7.01. The highest BCUT2D eigenvalue weighted by molar-refractivity contribution is 5.89. The molecule has 2 N–H and O–H groups in total. The van der Waals surface area contributed by atoms with Crippen molar-refractivity contribution < 1.29 is 13.9 Å². The number of ether oxygens (including phenoxy) is 1. The number of benzene rings is 2. The summed E-state index contributed by atoms with van der Waals surface area (Å²) in [5.41, 5.74) is 4.28. The van der Waals surface area contributed by atoms with Gasteiger partial charge in [-0.05, 0) is 59.2 Å². The molecule has 2 aromatic carbocycles. The number of amides is 2. The Labute approximate surface area is 185 Å². The second-order valence-electron chi connectivity index (χ2n) is 7.01. The van der Waals surface area contributed by atoms with E-state index in [-0.39, 0.29) is 6.03 Å². The third kappa shape index (κ3) is 5.66. The molecule has 32 heavy (non-hydrogen) atoms. The molecule has 160 valence electrons. The molecule has 0 aliphatic carbocycles. The van der Waals surface area contributed by atoms with Crippen molar-refractivity contribution in [3.63, 3.8) is 0 Å². The molecule has 0 atom stereocenters. The number of aromatic nitrogens is 2. The standard InChI is InChI=1S/C25H21FN4O2/c26-24-12-7-19(16-28-24)23-6-2-1-5-20(23)17-32-22-10-8-21(9-11-22)30-25(31)29-15-18-4-3-13-27-14-18/h1-14,16H,15,17H2,(H2,29,30,31). The molecule has 0 unspecified atom stereocenters. The van der Waals surface area contributed by atoms with Crippen molar-refractivity contribution >= 4 is 11.7 Å². The zero-order valence-corrected chi connectivity index (χ0v) is 17.2. The number of nitrogens with zero attached hydrogens (tertiary/aromatic N) is 2. The summed E-state index contributed by atoms with van der Waals surface area (Å²) >= 11 is 0. The minimum absolute atomic E-state index is 0.302. The van der Waals surface area contributed by atoms with Crippen LogP contribution in [0.25, 0.3) is 11.1 Å². The van der Waals surface area contributed by atoms with Gasteiger partial charge in [0.15, 0.2) is 0 Å². The van der Waals surface area contributed by atoms with Crippen molar-refractivity contribution in [2.45, 2.75) is 13.2 Å². The monoisotopic (exact) mass is 428 g/mol. The van der Waals surface area contributed by atoms with Crippen LogP contribution in [-0.4, -0.2) is 16.0 Å². The van der Waals surface area contributed by atoms with E-state index in [9.17, 15) is 9.18 Å². The molecule has 4 aromatic rings. The van der Waals surface area contributed by atoms with Crippen LogP contribution in [0.2, 0.25) is 0 Å². The number of carbonyl (C=O) groups is 1. The number of urea groups is 1. The summed E-state index contributed by atoms with van der Waals surface area (Å²) in [4.78, 5) is 19.8. The smallest absolute Gasteiger partial charge is 0.319 e. The van der Waals surface area contributed by atoms with Gasteiger partial charge < -0.3 is 15.4 Å². The number of nitrogens with one attached hydrogen (secondary N) is 2. The Morgan fingerprint density at radius 1 is 0.938 bits per heavy atom. The summed E-state index contributed by atoms with van der Waals surface area (Å²) in [5, 5.41) is 5.57. The first-order valence-electron chi connectivity index (χ1n) is 10.0.